The van der Waals surface area contributed by atoms with Crippen LogP contribution in [0.25, 0.3) is 0 Å². The Morgan fingerprint density at radius 3 is 2.73 bits per heavy atom. The Labute approximate surface area is 178 Å². The van der Waals surface area contributed by atoms with Crippen LogP contribution >= 0.6 is 0 Å². The van der Waals surface area contributed by atoms with Crippen LogP contribution in [0.4, 0.5) is 0 Å². The number of aryl methyl sites for hydroxylation is 2. The number of likely N-dealkylation sites (tertiary alicyclic amines) is 1. The topological polar surface area (TPSA) is 71.9 Å². The van der Waals surface area contributed by atoms with E-state index in [0.717, 1.165) is 36.4 Å². The Balaban J connectivity index is 1.55. The van der Waals surface area contributed by atoms with E-state index in [0.29, 0.717) is 31.9 Å². The van der Waals surface area contributed by atoms with E-state index in [-0.39, 0.29) is 24.5 Å². The van der Waals surface area contributed by atoms with Gasteiger partial charge in [-0.05, 0) is 56.9 Å². The van der Waals surface area contributed by atoms with Gasteiger partial charge in [-0.25, -0.2) is 0 Å². The number of rotatable bonds is 9. The Kier molecular flexibility index (Phi) is 7.69. The quantitative estimate of drug-likeness (QED) is 0.683. The molecule has 3 rings (SSSR count). The third-order valence-corrected chi connectivity index (χ3v) is 5.75. The van der Waals surface area contributed by atoms with Crippen molar-refractivity contribution in [1.29, 1.82) is 0 Å². The van der Waals surface area contributed by atoms with Gasteiger partial charge in [0.25, 0.3) is 5.91 Å². The summed E-state index contributed by atoms with van der Waals surface area (Å²) in [6, 6.07) is 13.4. The molecule has 6 heteroatoms. The average Bonchev–Trinajstić information content (AvgIpc) is 2.78. The third-order valence-electron chi connectivity index (χ3n) is 5.75. The van der Waals surface area contributed by atoms with Crippen molar-refractivity contribution < 1.29 is 19.4 Å². The standard InChI is InChI=1S/C24H32N2O4/c1-3-21-22(11-10-19(2)25-21)30-16-23(28)26-14-7-12-24(17-26,18-27)13-15-29-20-8-5-4-6-9-20/h4-6,8-11,27H,3,7,12-18H2,1-2H3/t24-/m1/s1. The van der Waals surface area contributed by atoms with Gasteiger partial charge in [0.1, 0.15) is 11.5 Å². The molecule has 2 aromatic rings. The lowest BCUT2D eigenvalue weighted by atomic mass is 9.78. The minimum Gasteiger partial charge on any atom is -0.494 e. The molecule has 1 N–H and O–H groups in total. The highest BCUT2D eigenvalue weighted by Crippen LogP contribution is 2.33. The summed E-state index contributed by atoms with van der Waals surface area (Å²) >= 11 is 0. The van der Waals surface area contributed by atoms with Crippen molar-refractivity contribution in [3.8, 4) is 11.5 Å². The van der Waals surface area contributed by atoms with Crippen molar-refractivity contribution in [1.82, 2.24) is 9.88 Å². The number of hydrogen-bond acceptors (Lipinski definition) is 5. The molecule has 1 fully saturated rings. The fraction of sp³-hybridized carbons (Fsp3) is 0.500. The smallest absolute Gasteiger partial charge is 0.260 e. The van der Waals surface area contributed by atoms with Crippen LogP contribution in [0.2, 0.25) is 0 Å². The Morgan fingerprint density at radius 1 is 1.20 bits per heavy atom. The fourth-order valence-electron chi connectivity index (χ4n) is 3.95. The van der Waals surface area contributed by atoms with Crippen molar-refractivity contribution in [2.24, 2.45) is 5.41 Å². The van der Waals surface area contributed by atoms with Gasteiger partial charge >= 0.3 is 0 Å². The predicted molar refractivity (Wildman–Crippen MR) is 116 cm³/mol. The van der Waals surface area contributed by atoms with Gasteiger partial charge in [0, 0.05) is 24.2 Å². The molecule has 1 aliphatic rings. The van der Waals surface area contributed by atoms with Crippen LogP contribution in [0.3, 0.4) is 0 Å². The van der Waals surface area contributed by atoms with Crippen molar-refractivity contribution in [3.05, 3.63) is 53.9 Å². The van der Waals surface area contributed by atoms with E-state index >= 15 is 0 Å². The Bertz CT molecular complexity index is 827. The van der Waals surface area contributed by atoms with Gasteiger partial charge in [-0.3, -0.25) is 9.78 Å². The summed E-state index contributed by atoms with van der Waals surface area (Å²) in [6.07, 6.45) is 3.20. The number of carbonyl (C=O) groups excluding carboxylic acids is 1. The number of para-hydroxylation sites is 1. The summed E-state index contributed by atoms with van der Waals surface area (Å²) in [4.78, 5) is 19.1. The molecule has 0 saturated carbocycles. The predicted octanol–water partition coefficient (Wildman–Crippen LogP) is 3.40. The molecule has 2 heterocycles. The highest BCUT2D eigenvalue weighted by Gasteiger charge is 2.36. The first-order valence-corrected chi connectivity index (χ1v) is 10.7. The molecule has 30 heavy (non-hydrogen) atoms. The molecule has 1 atom stereocenters. The second kappa shape index (κ2) is 10.4. The van der Waals surface area contributed by atoms with Gasteiger partial charge in [-0.1, -0.05) is 25.1 Å². The lowest BCUT2D eigenvalue weighted by Crippen LogP contribution is -2.49. The molecule has 0 spiro atoms. The van der Waals surface area contributed by atoms with E-state index in [1.54, 1.807) is 0 Å². The van der Waals surface area contributed by atoms with Gasteiger partial charge < -0.3 is 19.5 Å². The summed E-state index contributed by atoms with van der Waals surface area (Å²) in [7, 11) is 0. The highest BCUT2D eigenvalue weighted by molar-refractivity contribution is 5.78. The number of benzene rings is 1. The summed E-state index contributed by atoms with van der Waals surface area (Å²) < 4.78 is 11.6. The Hall–Kier alpha value is -2.60. The van der Waals surface area contributed by atoms with E-state index in [9.17, 15) is 9.90 Å². The molecule has 0 aliphatic carbocycles. The number of nitrogens with zero attached hydrogens (tertiary/aromatic N) is 2. The molecular weight excluding hydrogens is 380 g/mol. The average molecular weight is 413 g/mol. The zero-order chi connectivity index (χ0) is 21.4. The number of carbonyl (C=O) groups is 1. The maximum absolute atomic E-state index is 12.8. The van der Waals surface area contributed by atoms with Crippen LogP contribution in [0.5, 0.6) is 11.5 Å². The lowest BCUT2D eigenvalue weighted by molar-refractivity contribution is -0.138. The second-order valence-corrected chi connectivity index (χ2v) is 8.03. The van der Waals surface area contributed by atoms with Crippen molar-refractivity contribution in [3.63, 3.8) is 0 Å². The molecule has 1 amide bonds. The molecule has 1 aromatic heterocycles. The monoisotopic (exact) mass is 412 g/mol. The third kappa shape index (κ3) is 5.72. The maximum atomic E-state index is 12.8. The number of aliphatic hydroxyl groups is 1. The van der Waals surface area contributed by atoms with Crippen LogP contribution in [0.1, 0.15) is 37.6 Å². The van der Waals surface area contributed by atoms with Gasteiger partial charge in [-0.2, -0.15) is 0 Å². The molecule has 162 valence electrons. The molecule has 1 saturated heterocycles. The minimum atomic E-state index is -0.331. The van der Waals surface area contributed by atoms with Crippen molar-refractivity contribution in [2.45, 2.75) is 39.5 Å². The first-order chi connectivity index (χ1) is 14.5. The molecule has 0 unspecified atom stereocenters. The van der Waals surface area contributed by atoms with E-state index in [4.69, 9.17) is 9.47 Å². The summed E-state index contributed by atoms with van der Waals surface area (Å²) in [5.74, 6) is 1.43. The summed E-state index contributed by atoms with van der Waals surface area (Å²) in [5.41, 5.74) is 1.47. The number of aromatic nitrogens is 1. The van der Waals surface area contributed by atoms with Crippen molar-refractivity contribution in [2.75, 3.05) is 32.9 Å². The zero-order valence-corrected chi connectivity index (χ0v) is 18.0. The minimum absolute atomic E-state index is 0.0141. The van der Waals surface area contributed by atoms with Gasteiger partial charge in [0.2, 0.25) is 0 Å². The van der Waals surface area contributed by atoms with E-state index in [2.05, 4.69) is 4.98 Å². The molecule has 0 radical (unpaired) electrons. The normalized spacial score (nSPS) is 18.8. The van der Waals surface area contributed by atoms with Crippen LogP contribution in [-0.4, -0.2) is 53.8 Å². The summed E-state index contributed by atoms with van der Waals surface area (Å²) in [5, 5.41) is 10.1. The Morgan fingerprint density at radius 2 is 2.00 bits per heavy atom. The number of piperidine rings is 1. The highest BCUT2D eigenvalue weighted by atomic mass is 16.5. The van der Waals surface area contributed by atoms with Gasteiger partial charge in [0.05, 0.1) is 18.9 Å². The second-order valence-electron chi connectivity index (χ2n) is 8.03. The van der Waals surface area contributed by atoms with E-state index in [1.807, 2.05) is 61.2 Å². The molecular formula is C24H32N2O4. The fourth-order valence-corrected chi connectivity index (χ4v) is 3.95. The summed E-state index contributed by atoms with van der Waals surface area (Å²) in [6.45, 7) is 5.72. The molecule has 0 bridgehead atoms. The SMILES string of the molecule is CCc1nc(C)ccc1OCC(=O)N1CCC[C@@](CO)(CCOc2ccccc2)C1. The zero-order valence-electron chi connectivity index (χ0n) is 18.0. The van der Waals surface area contributed by atoms with Crippen LogP contribution in [0.15, 0.2) is 42.5 Å². The number of hydrogen-bond donors (Lipinski definition) is 1. The van der Waals surface area contributed by atoms with E-state index in [1.165, 1.54) is 0 Å². The molecule has 6 nitrogen and oxygen atoms in total. The first-order valence-electron chi connectivity index (χ1n) is 10.7. The maximum Gasteiger partial charge on any atom is 0.260 e. The van der Waals surface area contributed by atoms with E-state index < -0.39 is 0 Å². The number of amides is 1. The molecule has 1 aliphatic heterocycles. The van der Waals surface area contributed by atoms with Crippen LogP contribution in [0, 0.1) is 12.3 Å². The largest absolute Gasteiger partial charge is 0.494 e. The lowest BCUT2D eigenvalue weighted by Gasteiger charge is -2.41. The molecule has 1 aromatic carbocycles. The first kappa shape index (κ1) is 22.1. The van der Waals surface area contributed by atoms with Crippen LogP contribution < -0.4 is 9.47 Å². The number of pyridine rings is 1. The van der Waals surface area contributed by atoms with Crippen molar-refractivity contribution >= 4 is 5.91 Å². The van der Waals surface area contributed by atoms with Crippen LogP contribution in [-0.2, 0) is 11.2 Å². The van der Waals surface area contributed by atoms with Gasteiger partial charge in [0.15, 0.2) is 6.61 Å². The number of aliphatic hydroxyl groups excluding tert-OH is 1. The number of ether oxygens (including phenoxy) is 2. The van der Waals surface area contributed by atoms with Gasteiger partial charge in [-0.15, -0.1) is 0 Å².